The quantitative estimate of drug-likeness (QED) is 0.712. The molecule has 1 fully saturated rings. The van der Waals surface area contributed by atoms with E-state index in [1.165, 1.54) is 19.3 Å². The molecule has 0 atom stereocenters. The van der Waals surface area contributed by atoms with Crippen LogP contribution in [-0.2, 0) is 0 Å². The van der Waals surface area contributed by atoms with Crippen molar-refractivity contribution in [1.82, 2.24) is 4.90 Å². The Hall–Kier alpha value is -0.580. The Morgan fingerprint density at radius 2 is 1.59 bits per heavy atom. The Balaban J connectivity index is 2.10. The van der Waals surface area contributed by atoms with Gasteiger partial charge in [0.2, 0.25) is 0 Å². The Morgan fingerprint density at radius 3 is 2.24 bits per heavy atom. The molecule has 0 unspecified atom stereocenters. The standard InChI is InChI=1S/C14H18INO/c15-13-9-5-4-8-12(13)14(17)16-10-6-2-1-3-7-11-16/h4-5,8-9H,1-3,6-7,10-11H2. The van der Waals surface area contributed by atoms with Crippen LogP contribution in [0.3, 0.4) is 0 Å². The molecule has 0 saturated carbocycles. The van der Waals surface area contributed by atoms with E-state index in [1.54, 1.807) is 0 Å². The molecule has 1 amide bonds. The molecular formula is C14H18INO. The van der Waals surface area contributed by atoms with Gasteiger partial charge in [0.15, 0.2) is 0 Å². The maximum absolute atomic E-state index is 12.4. The van der Waals surface area contributed by atoms with Gasteiger partial charge in [0.1, 0.15) is 0 Å². The third-order valence-electron chi connectivity index (χ3n) is 3.25. The number of hydrogen-bond donors (Lipinski definition) is 0. The molecule has 1 aromatic rings. The van der Waals surface area contributed by atoms with Crippen LogP contribution in [0.4, 0.5) is 0 Å². The van der Waals surface area contributed by atoms with Crippen molar-refractivity contribution >= 4 is 28.5 Å². The fraction of sp³-hybridized carbons (Fsp3) is 0.500. The summed E-state index contributed by atoms with van der Waals surface area (Å²) < 4.78 is 1.05. The first-order valence-electron chi connectivity index (χ1n) is 6.33. The number of hydrogen-bond acceptors (Lipinski definition) is 1. The van der Waals surface area contributed by atoms with Crippen molar-refractivity contribution in [1.29, 1.82) is 0 Å². The van der Waals surface area contributed by atoms with Gasteiger partial charge in [0.05, 0.1) is 5.56 Å². The van der Waals surface area contributed by atoms with Gasteiger partial charge in [-0.05, 0) is 47.6 Å². The first kappa shape index (κ1) is 12.9. The Bertz CT molecular complexity index is 384. The molecule has 1 aliphatic heterocycles. The zero-order valence-corrected chi connectivity index (χ0v) is 12.2. The predicted octanol–water partition coefficient (Wildman–Crippen LogP) is 3.70. The van der Waals surface area contributed by atoms with E-state index in [0.29, 0.717) is 0 Å². The molecule has 1 heterocycles. The SMILES string of the molecule is O=C(c1ccccc1I)N1CCCCCCC1. The zero-order chi connectivity index (χ0) is 12.1. The lowest BCUT2D eigenvalue weighted by Crippen LogP contribution is -2.34. The summed E-state index contributed by atoms with van der Waals surface area (Å²) in [4.78, 5) is 14.4. The van der Waals surface area contributed by atoms with Crippen LogP contribution in [0.15, 0.2) is 24.3 Å². The fourth-order valence-corrected chi connectivity index (χ4v) is 2.87. The van der Waals surface area contributed by atoms with E-state index in [4.69, 9.17) is 0 Å². The second kappa shape index (κ2) is 6.38. The van der Waals surface area contributed by atoms with Crippen molar-refractivity contribution in [2.45, 2.75) is 32.1 Å². The number of halogens is 1. The van der Waals surface area contributed by atoms with Gasteiger partial charge in [0, 0.05) is 16.7 Å². The van der Waals surface area contributed by atoms with E-state index in [1.807, 2.05) is 29.2 Å². The topological polar surface area (TPSA) is 20.3 Å². The van der Waals surface area contributed by atoms with Gasteiger partial charge in [-0.3, -0.25) is 4.79 Å². The molecule has 1 saturated heterocycles. The van der Waals surface area contributed by atoms with E-state index < -0.39 is 0 Å². The third-order valence-corrected chi connectivity index (χ3v) is 4.19. The molecule has 92 valence electrons. The summed E-state index contributed by atoms with van der Waals surface area (Å²) in [5, 5.41) is 0. The van der Waals surface area contributed by atoms with Crippen LogP contribution >= 0.6 is 22.6 Å². The molecule has 0 aliphatic carbocycles. The molecule has 3 heteroatoms. The molecule has 1 aliphatic rings. The largest absolute Gasteiger partial charge is 0.339 e. The number of likely N-dealkylation sites (tertiary alicyclic amines) is 1. The van der Waals surface area contributed by atoms with E-state index >= 15 is 0 Å². The van der Waals surface area contributed by atoms with E-state index in [2.05, 4.69) is 22.6 Å². The molecule has 0 aromatic heterocycles. The minimum Gasteiger partial charge on any atom is -0.339 e. The van der Waals surface area contributed by atoms with E-state index in [9.17, 15) is 4.79 Å². The van der Waals surface area contributed by atoms with Crippen LogP contribution in [0.5, 0.6) is 0 Å². The smallest absolute Gasteiger partial charge is 0.254 e. The van der Waals surface area contributed by atoms with Crippen molar-refractivity contribution in [2.75, 3.05) is 13.1 Å². The van der Waals surface area contributed by atoms with Crippen molar-refractivity contribution in [2.24, 2.45) is 0 Å². The second-order valence-corrected chi connectivity index (χ2v) is 5.70. The van der Waals surface area contributed by atoms with Gasteiger partial charge in [-0.1, -0.05) is 31.4 Å². The van der Waals surface area contributed by atoms with Gasteiger partial charge >= 0.3 is 0 Å². The highest BCUT2D eigenvalue weighted by Gasteiger charge is 2.18. The maximum atomic E-state index is 12.4. The highest BCUT2D eigenvalue weighted by Crippen LogP contribution is 2.17. The van der Waals surface area contributed by atoms with Crippen molar-refractivity contribution in [3.63, 3.8) is 0 Å². The lowest BCUT2D eigenvalue weighted by molar-refractivity contribution is 0.0741. The van der Waals surface area contributed by atoms with Gasteiger partial charge in [-0.25, -0.2) is 0 Å². The number of amides is 1. The van der Waals surface area contributed by atoms with Gasteiger partial charge in [-0.15, -0.1) is 0 Å². The van der Waals surface area contributed by atoms with Crippen LogP contribution < -0.4 is 0 Å². The first-order valence-corrected chi connectivity index (χ1v) is 7.41. The highest BCUT2D eigenvalue weighted by atomic mass is 127. The Kier molecular flexibility index (Phi) is 4.83. The Labute approximate surface area is 117 Å². The van der Waals surface area contributed by atoms with Crippen LogP contribution in [0, 0.1) is 3.57 Å². The average Bonchev–Trinajstić information content (AvgIpc) is 2.28. The summed E-state index contributed by atoms with van der Waals surface area (Å²) in [7, 11) is 0. The molecule has 1 aromatic carbocycles. The number of rotatable bonds is 1. The maximum Gasteiger partial charge on any atom is 0.254 e. The minimum atomic E-state index is 0.205. The number of benzene rings is 1. The highest BCUT2D eigenvalue weighted by molar-refractivity contribution is 14.1. The van der Waals surface area contributed by atoms with Gasteiger partial charge in [0.25, 0.3) is 5.91 Å². The van der Waals surface area contributed by atoms with E-state index in [0.717, 1.165) is 35.1 Å². The molecule has 2 rings (SSSR count). The summed E-state index contributed by atoms with van der Waals surface area (Å²) in [6.45, 7) is 1.84. The zero-order valence-electron chi connectivity index (χ0n) is 9.99. The summed E-state index contributed by atoms with van der Waals surface area (Å²) in [5.41, 5.74) is 0.855. The van der Waals surface area contributed by atoms with Crippen molar-refractivity contribution in [3.05, 3.63) is 33.4 Å². The Morgan fingerprint density at radius 1 is 1.00 bits per heavy atom. The van der Waals surface area contributed by atoms with Gasteiger partial charge < -0.3 is 4.90 Å². The predicted molar refractivity (Wildman–Crippen MR) is 78.1 cm³/mol. The molecule has 0 bridgehead atoms. The second-order valence-electron chi connectivity index (χ2n) is 4.54. The fourth-order valence-electron chi connectivity index (χ4n) is 2.26. The summed E-state index contributed by atoms with van der Waals surface area (Å²) in [6, 6.07) is 7.85. The number of nitrogens with zero attached hydrogens (tertiary/aromatic N) is 1. The monoisotopic (exact) mass is 343 g/mol. The number of carbonyl (C=O) groups excluding carboxylic acids is 1. The first-order chi connectivity index (χ1) is 8.29. The average molecular weight is 343 g/mol. The summed E-state index contributed by atoms with van der Waals surface area (Å²) >= 11 is 2.24. The summed E-state index contributed by atoms with van der Waals surface area (Å²) in [5.74, 6) is 0.205. The van der Waals surface area contributed by atoms with Crippen LogP contribution in [-0.4, -0.2) is 23.9 Å². The van der Waals surface area contributed by atoms with Gasteiger partial charge in [-0.2, -0.15) is 0 Å². The lowest BCUT2D eigenvalue weighted by atomic mass is 10.1. The van der Waals surface area contributed by atoms with Crippen LogP contribution in [0.1, 0.15) is 42.5 Å². The summed E-state index contributed by atoms with van der Waals surface area (Å²) in [6.07, 6.45) is 6.14. The third kappa shape index (κ3) is 3.44. The van der Waals surface area contributed by atoms with E-state index in [-0.39, 0.29) is 5.91 Å². The van der Waals surface area contributed by atoms with Crippen LogP contribution in [0.2, 0.25) is 0 Å². The molecular weight excluding hydrogens is 325 g/mol. The van der Waals surface area contributed by atoms with Crippen molar-refractivity contribution < 1.29 is 4.79 Å². The normalized spacial score (nSPS) is 17.4. The van der Waals surface area contributed by atoms with Crippen molar-refractivity contribution in [3.8, 4) is 0 Å². The lowest BCUT2D eigenvalue weighted by Gasteiger charge is -2.25. The number of carbonyl (C=O) groups is 1. The molecule has 2 nitrogen and oxygen atoms in total. The van der Waals surface area contributed by atoms with Crippen LogP contribution in [0.25, 0.3) is 0 Å². The molecule has 0 radical (unpaired) electrons. The molecule has 0 N–H and O–H groups in total. The molecule has 0 spiro atoms. The molecule has 17 heavy (non-hydrogen) atoms. The minimum absolute atomic E-state index is 0.205.